The Labute approximate surface area is 183 Å². The van der Waals surface area contributed by atoms with Gasteiger partial charge in [0, 0.05) is 39.3 Å². The first-order valence-electron chi connectivity index (χ1n) is 9.11. The fourth-order valence-electron chi connectivity index (χ4n) is 2.91. The van der Waals surface area contributed by atoms with Gasteiger partial charge in [-0.25, -0.2) is 9.98 Å². The minimum absolute atomic E-state index is 0. The number of hydrogen-bond donors (Lipinski definition) is 2. The Balaban J connectivity index is 0.00000364. The molecule has 0 saturated carbocycles. The van der Waals surface area contributed by atoms with Crippen LogP contribution in [-0.2, 0) is 4.79 Å². The number of pyridine rings is 1. The molecule has 1 aliphatic heterocycles. The van der Waals surface area contributed by atoms with Crippen molar-refractivity contribution in [2.24, 2.45) is 10.9 Å². The Hall–Kier alpha value is -1.29. The minimum Gasteiger partial charge on any atom is -0.475 e. The molecule has 0 aliphatic carbocycles. The molecular formula is C18H29ClIN5O2. The van der Waals surface area contributed by atoms with Crippen LogP contribution in [0.4, 0.5) is 0 Å². The number of amides is 1. The molecule has 0 unspecified atom stereocenters. The summed E-state index contributed by atoms with van der Waals surface area (Å²) in [6.45, 7) is 5.61. The molecule has 1 aromatic heterocycles. The highest BCUT2D eigenvalue weighted by Gasteiger charge is 2.22. The van der Waals surface area contributed by atoms with Crippen molar-refractivity contribution in [1.29, 1.82) is 0 Å². The van der Waals surface area contributed by atoms with E-state index in [-0.39, 0.29) is 29.9 Å². The third-order valence-corrected chi connectivity index (χ3v) is 4.61. The summed E-state index contributed by atoms with van der Waals surface area (Å²) in [5.74, 6) is 1.89. The molecule has 0 aromatic carbocycles. The Bertz CT molecular complexity index is 609. The normalized spacial score (nSPS) is 15.1. The van der Waals surface area contributed by atoms with Crippen LogP contribution >= 0.6 is 35.6 Å². The van der Waals surface area contributed by atoms with E-state index in [2.05, 4.69) is 32.4 Å². The Morgan fingerprint density at radius 3 is 2.81 bits per heavy atom. The number of nitrogens with zero attached hydrogens (tertiary/aromatic N) is 3. The number of nitrogens with one attached hydrogen (secondary N) is 2. The van der Waals surface area contributed by atoms with E-state index >= 15 is 0 Å². The van der Waals surface area contributed by atoms with Crippen molar-refractivity contribution in [2.45, 2.75) is 26.2 Å². The third-order valence-electron chi connectivity index (χ3n) is 4.32. The monoisotopic (exact) mass is 509 g/mol. The zero-order valence-corrected chi connectivity index (χ0v) is 19.0. The summed E-state index contributed by atoms with van der Waals surface area (Å²) < 4.78 is 5.58. The van der Waals surface area contributed by atoms with Gasteiger partial charge >= 0.3 is 0 Å². The van der Waals surface area contributed by atoms with Gasteiger partial charge in [0.2, 0.25) is 11.8 Å². The number of rotatable bonds is 7. The zero-order chi connectivity index (χ0) is 18.8. The SMILES string of the molecule is CCNC(=NCCOc1ncccc1Cl)N1CCC(CC(=O)NC)CC1.I. The molecule has 1 amide bonds. The summed E-state index contributed by atoms with van der Waals surface area (Å²) in [5.41, 5.74) is 0. The molecule has 152 valence electrons. The highest BCUT2D eigenvalue weighted by Crippen LogP contribution is 2.21. The summed E-state index contributed by atoms with van der Waals surface area (Å²) >= 11 is 6.02. The second-order valence-electron chi connectivity index (χ2n) is 6.18. The van der Waals surface area contributed by atoms with Crippen LogP contribution in [0.2, 0.25) is 5.02 Å². The van der Waals surface area contributed by atoms with Crippen molar-refractivity contribution in [2.75, 3.05) is 39.8 Å². The number of carbonyl (C=O) groups is 1. The molecule has 9 heteroatoms. The van der Waals surface area contributed by atoms with Gasteiger partial charge in [0.05, 0.1) is 6.54 Å². The molecule has 27 heavy (non-hydrogen) atoms. The Kier molecular flexibility index (Phi) is 11.4. The second kappa shape index (κ2) is 13.0. The van der Waals surface area contributed by atoms with Gasteiger partial charge in [0.15, 0.2) is 5.96 Å². The van der Waals surface area contributed by atoms with Gasteiger partial charge in [-0.05, 0) is 37.8 Å². The van der Waals surface area contributed by atoms with Gasteiger partial charge in [0.1, 0.15) is 11.6 Å². The first-order chi connectivity index (χ1) is 12.6. The van der Waals surface area contributed by atoms with E-state index in [0.717, 1.165) is 38.4 Å². The number of halogens is 2. The summed E-state index contributed by atoms with van der Waals surface area (Å²) in [4.78, 5) is 22.5. The number of likely N-dealkylation sites (tertiary alicyclic amines) is 1. The maximum atomic E-state index is 11.5. The average molecular weight is 510 g/mol. The van der Waals surface area contributed by atoms with E-state index in [0.29, 0.717) is 36.4 Å². The quantitative estimate of drug-likeness (QED) is 0.256. The van der Waals surface area contributed by atoms with Crippen LogP contribution in [0.15, 0.2) is 23.3 Å². The average Bonchev–Trinajstić information content (AvgIpc) is 2.66. The van der Waals surface area contributed by atoms with Crippen molar-refractivity contribution in [3.05, 3.63) is 23.4 Å². The minimum atomic E-state index is 0. The Morgan fingerprint density at radius 1 is 1.44 bits per heavy atom. The molecule has 2 heterocycles. The van der Waals surface area contributed by atoms with Gasteiger partial charge in [0.25, 0.3) is 0 Å². The van der Waals surface area contributed by atoms with Crippen LogP contribution in [0.5, 0.6) is 5.88 Å². The van der Waals surface area contributed by atoms with Crippen molar-refractivity contribution in [3.8, 4) is 5.88 Å². The lowest BCUT2D eigenvalue weighted by Crippen LogP contribution is -2.46. The van der Waals surface area contributed by atoms with Gasteiger partial charge in [-0.1, -0.05) is 11.6 Å². The first kappa shape index (κ1) is 23.7. The van der Waals surface area contributed by atoms with E-state index in [1.54, 1.807) is 25.4 Å². The van der Waals surface area contributed by atoms with Crippen molar-refractivity contribution < 1.29 is 9.53 Å². The number of aromatic nitrogens is 1. The van der Waals surface area contributed by atoms with Crippen molar-refractivity contribution >= 4 is 47.4 Å². The standard InChI is InChI=1S/C18H28ClN5O2.HI/c1-3-21-18(23-9-12-26-17-15(19)5-4-8-22-17)24-10-6-14(7-11-24)13-16(25)20-2;/h4-5,8,14H,3,6-7,9-13H2,1-2H3,(H,20,25)(H,21,23);1H. The van der Waals surface area contributed by atoms with Gasteiger partial charge < -0.3 is 20.3 Å². The second-order valence-corrected chi connectivity index (χ2v) is 6.59. The number of carbonyl (C=O) groups excluding carboxylic acids is 1. The van der Waals surface area contributed by atoms with Crippen LogP contribution in [-0.4, -0.2) is 61.6 Å². The molecule has 1 fully saturated rings. The number of guanidine groups is 1. The molecule has 0 spiro atoms. The van der Waals surface area contributed by atoms with E-state index < -0.39 is 0 Å². The van der Waals surface area contributed by atoms with E-state index in [1.807, 2.05) is 0 Å². The highest BCUT2D eigenvalue weighted by molar-refractivity contribution is 14.0. The van der Waals surface area contributed by atoms with Crippen LogP contribution in [0, 0.1) is 5.92 Å². The lowest BCUT2D eigenvalue weighted by atomic mass is 9.93. The predicted octanol–water partition coefficient (Wildman–Crippen LogP) is 2.55. The molecule has 0 atom stereocenters. The van der Waals surface area contributed by atoms with Crippen LogP contribution in [0.3, 0.4) is 0 Å². The molecule has 7 nitrogen and oxygen atoms in total. The third kappa shape index (κ3) is 8.08. The predicted molar refractivity (Wildman–Crippen MR) is 119 cm³/mol. The number of hydrogen-bond acceptors (Lipinski definition) is 4. The van der Waals surface area contributed by atoms with Crippen LogP contribution in [0.1, 0.15) is 26.2 Å². The van der Waals surface area contributed by atoms with Crippen LogP contribution < -0.4 is 15.4 Å². The summed E-state index contributed by atoms with van der Waals surface area (Å²) in [6, 6.07) is 3.52. The first-order valence-corrected chi connectivity index (χ1v) is 9.49. The topological polar surface area (TPSA) is 78.9 Å². The van der Waals surface area contributed by atoms with Gasteiger partial charge in [-0.2, -0.15) is 0 Å². The maximum Gasteiger partial charge on any atom is 0.232 e. The highest BCUT2D eigenvalue weighted by atomic mass is 127. The van der Waals surface area contributed by atoms with Crippen molar-refractivity contribution in [3.63, 3.8) is 0 Å². The summed E-state index contributed by atoms with van der Waals surface area (Å²) in [6.07, 6.45) is 4.25. The lowest BCUT2D eigenvalue weighted by Gasteiger charge is -2.34. The van der Waals surface area contributed by atoms with Crippen LogP contribution in [0.25, 0.3) is 0 Å². The maximum absolute atomic E-state index is 11.5. The molecule has 1 aromatic rings. The van der Waals surface area contributed by atoms with E-state index in [1.165, 1.54) is 0 Å². The smallest absolute Gasteiger partial charge is 0.232 e. The molecule has 0 bridgehead atoms. The molecule has 2 N–H and O–H groups in total. The molecule has 1 saturated heterocycles. The summed E-state index contributed by atoms with van der Waals surface area (Å²) in [7, 11) is 1.69. The summed E-state index contributed by atoms with van der Waals surface area (Å²) in [5, 5.41) is 6.53. The number of ether oxygens (including phenoxy) is 1. The van der Waals surface area contributed by atoms with E-state index in [9.17, 15) is 4.79 Å². The Morgan fingerprint density at radius 2 is 2.19 bits per heavy atom. The molecule has 1 aliphatic rings. The van der Waals surface area contributed by atoms with Crippen molar-refractivity contribution in [1.82, 2.24) is 20.5 Å². The van der Waals surface area contributed by atoms with Gasteiger partial charge in [-0.15, -0.1) is 24.0 Å². The molecular weight excluding hydrogens is 481 g/mol. The molecule has 2 rings (SSSR count). The number of aliphatic imine (C=N–C) groups is 1. The lowest BCUT2D eigenvalue weighted by molar-refractivity contribution is -0.121. The fourth-order valence-corrected chi connectivity index (χ4v) is 3.09. The largest absolute Gasteiger partial charge is 0.475 e. The molecule has 0 radical (unpaired) electrons. The number of piperidine rings is 1. The fraction of sp³-hybridized carbons (Fsp3) is 0.611. The van der Waals surface area contributed by atoms with E-state index in [4.69, 9.17) is 16.3 Å². The zero-order valence-electron chi connectivity index (χ0n) is 15.9. The van der Waals surface area contributed by atoms with Gasteiger partial charge in [-0.3, -0.25) is 4.79 Å².